The number of carbonyl (C=O) groups is 1. The minimum atomic E-state index is 0.207. The number of likely N-dealkylation sites (N-methyl/N-ethyl adjacent to an activating group) is 1. The first kappa shape index (κ1) is 14.9. The average molecular weight is 275 g/mol. The maximum Gasteiger partial charge on any atom is 0.241 e. The van der Waals surface area contributed by atoms with Gasteiger partial charge in [0.05, 0.1) is 6.54 Å². The van der Waals surface area contributed by atoms with Gasteiger partial charge in [0.25, 0.3) is 0 Å². The van der Waals surface area contributed by atoms with Crippen LogP contribution >= 0.6 is 0 Å². The van der Waals surface area contributed by atoms with E-state index in [9.17, 15) is 4.79 Å². The first-order chi connectivity index (χ1) is 9.72. The van der Waals surface area contributed by atoms with Crippen molar-refractivity contribution in [3.05, 3.63) is 29.8 Å². The van der Waals surface area contributed by atoms with Gasteiger partial charge < -0.3 is 15.1 Å². The van der Waals surface area contributed by atoms with Gasteiger partial charge in [0.15, 0.2) is 0 Å². The Balaban J connectivity index is 2.12. The quantitative estimate of drug-likeness (QED) is 0.833. The molecule has 0 saturated carbocycles. The molecule has 0 aromatic heterocycles. The second kappa shape index (κ2) is 7.29. The van der Waals surface area contributed by atoms with Crippen molar-refractivity contribution >= 4 is 11.6 Å². The topological polar surface area (TPSA) is 35.6 Å². The third kappa shape index (κ3) is 3.73. The van der Waals surface area contributed by atoms with Gasteiger partial charge in [-0.05, 0) is 31.0 Å². The fourth-order valence-corrected chi connectivity index (χ4v) is 2.56. The van der Waals surface area contributed by atoms with E-state index in [0.29, 0.717) is 6.54 Å². The molecule has 0 atom stereocenters. The molecule has 0 radical (unpaired) electrons. The van der Waals surface area contributed by atoms with Gasteiger partial charge in [-0.2, -0.15) is 0 Å². The summed E-state index contributed by atoms with van der Waals surface area (Å²) in [5.41, 5.74) is 2.47. The first-order valence-corrected chi connectivity index (χ1v) is 7.50. The number of rotatable bonds is 5. The van der Waals surface area contributed by atoms with Crippen LogP contribution in [0.25, 0.3) is 0 Å². The number of hydrogen-bond acceptors (Lipinski definition) is 3. The molecule has 2 rings (SSSR count). The van der Waals surface area contributed by atoms with E-state index >= 15 is 0 Å². The van der Waals surface area contributed by atoms with Gasteiger partial charge in [0.2, 0.25) is 5.91 Å². The molecule has 1 aliphatic rings. The van der Waals surface area contributed by atoms with Crippen LogP contribution in [-0.4, -0.2) is 44.0 Å². The molecule has 1 saturated heterocycles. The van der Waals surface area contributed by atoms with E-state index in [2.05, 4.69) is 41.4 Å². The molecule has 0 aliphatic carbocycles. The highest BCUT2D eigenvalue weighted by molar-refractivity contribution is 5.82. The molecule has 20 heavy (non-hydrogen) atoms. The molecule has 1 aliphatic heterocycles. The number of anilines is 1. The molecule has 110 valence electrons. The van der Waals surface area contributed by atoms with Crippen molar-refractivity contribution < 1.29 is 4.79 Å². The molecule has 1 heterocycles. The smallest absolute Gasteiger partial charge is 0.241 e. The Labute approximate surface area is 121 Å². The van der Waals surface area contributed by atoms with E-state index in [4.69, 9.17) is 0 Å². The lowest BCUT2D eigenvalue weighted by molar-refractivity contribution is -0.127. The van der Waals surface area contributed by atoms with Crippen molar-refractivity contribution in [1.82, 2.24) is 10.2 Å². The number of carbonyl (C=O) groups excluding carboxylic acids is 1. The highest BCUT2D eigenvalue weighted by atomic mass is 16.2. The van der Waals surface area contributed by atoms with Crippen LogP contribution in [0.2, 0.25) is 0 Å². The monoisotopic (exact) mass is 275 g/mol. The minimum Gasteiger partial charge on any atom is -0.362 e. The van der Waals surface area contributed by atoms with Crippen LogP contribution in [0.4, 0.5) is 5.69 Å². The van der Waals surface area contributed by atoms with E-state index in [1.54, 1.807) is 0 Å². The SMILES string of the molecule is CCCNCc1ccccc1N1CCCN(C)C(=O)C1. The number of benzene rings is 1. The Morgan fingerprint density at radius 2 is 2.05 bits per heavy atom. The summed E-state index contributed by atoms with van der Waals surface area (Å²) in [5, 5.41) is 3.44. The number of hydrogen-bond donors (Lipinski definition) is 1. The Kier molecular flexibility index (Phi) is 5.41. The molecule has 1 fully saturated rings. The molecular weight excluding hydrogens is 250 g/mol. The van der Waals surface area contributed by atoms with Gasteiger partial charge in [-0.3, -0.25) is 4.79 Å². The first-order valence-electron chi connectivity index (χ1n) is 7.50. The minimum absolute atomic E-state index is 0.207. The molecular formula is C16H25N3O. The predicted molar refractivity (Wildman–Crippen MR) is 82.9 cm³/mol. The van der Waals surface area contributed by atoms with E-state index in [0.717, 1.165) is 39.0 Å². The number of amides is 1. The molecule has 1 aromatic carbocycles. The Morgan fingerprint density at radius 3 is 2.85 bits per heavy atom. The highest BCUT2D eigenvalue weighted by Crippen LogP contribution is 2.22. The summed E-state index contributed by atoms with van der Waals surface area (Å²) in [6.45, 7) is 6.34. The van der Waals surface area contributed by atoms with E-state index in [-0.39, 0.29) is 5.91 Å². The number of nitrogens with one attached hydrogen (secondary N) is 1. The van der Waals surface area contributed by atoms with Gasteiger partial charge in [0.1, 0.15) is 0 Å². The summed E-state index contributed by atoms with van der Waals surface area (Å²) in [4.78, 5) is 16.1. The van der Waals surface area contributed by atoms with Crippen molar-refractivity contribution in [1.29, 1.82) is 0 Å². The van der Waals surface area contributed by atoms with Crippen LogP contribution in [0.5, 0.6) is 0 Å². The zero-order chi connectivity index (χ0) is 14.4. The lowest BCUT2D eigenvalue weighted by atomic mass is 10.1. The third-order valence-corrected chi connectivity index (χ3v) is 3.75. The Morgan fingerprint density at radius 1 is 1.25 bits per heavy atom. The average Bonchev–Trinajstić information content (AvgIpc) is 2.62. The van der Waals surface area contributed by atoms with E-state index in [1.165, 1.54) is 11.3 Å². The Hall–Kier alpha value is -1.55. The molecule has 0 spiro atoms. The van der Waals surface area contributed by atoms with Crippen LogP contribution in [0.15, 0.2) is 24.3 Å². The number of para-hydroxylation sites is 1. The molecule has 1 amide bonds. The zero-order valence-electron chi connectivity index (χ0n) is 12.6. The predicted octanol–water partition coefficient (Wildman–Crippen LogP) is 1.85. The second-order valence-corrected chi connectivity index (χ2v) is 5.40. The summed E-state index contributed by atoms with van der Waals surface area (Å²) in [7, 11) is 1.89. The van der Waals surface area contributed by atoms with Crippen molar-refractivity contribution in [2.24, 2.45) is 0 Å². The summed E-state index contributed by atoms with van der Waals surface area (Å²) < 4.78 is 0. The fourth-order valence-electron chi connectivity index (χ4n) is 2.56. The molecule has 0 unspecified atom stereocenters. The summed E-state index contributed by atoms with van der Waals surface area (Å²) in [6, 6.07) is 8.40. The van der Waals surface area contributed by atoms with E-state index < -0.39 is 0 Å². The molecule has 4 heteroatoms. The molecule has 0 bridgehead atoms. The van der Waals surface area contributed by atoms with E-state index in [1.807, 2.05) is 11.9 Å². The lowest BCUT2D eigenvalue weighted by Crippen LogP contribution is -2.35. The Bertz CT molecular complexity index is 447. The maximum absolute atomic E-state index is 12.0. The largest absolute Gasteiger partial charge is 0.362 e. The second-order valence-electron chi connectivity index (χ2n) is 5.40. The highest BCUT2D eigenvalue weighted by Gasteiger charge is 2.20. The van der Waals surface area contributed by atoms with Crippen molar-refractivity contribution in [3.63, 3.8) is 0 Å². The van der Waals surface area contributed by atoms with Gasteiger partial charge in [-0.25, -0.2) is 0 Å². The van der Waals surface area contributed by atoms with Crippen LogP contribution in [0.3, 0.4) is 0 Å². The maximum atomic E-state index is 12.0. The number of nitrogens with zero attached hydrogens (tertiary/aromatic N) is 2. The van der Waals surface area contributed by atoms with Crippen LogP contribution in [0, 0.1) is 0 Å². The summed E-state index contributed by atoms with van der Waals surface area (Å²) in [6.07, 6.45) is 2.16. The normalized spacial score (nSPS) is 16.4. The van der Waals surface area contributed by atoms with Crippen LogP contribution < -0.4 is 10.2 Å². The molecule has 4 nitrogen and oxygen atoms in total. The fraction of sp³-hybridized carbons (Fsp3) is 0.562. The molecule has 1 N–H and O–H groups in total. The van der Waals surface area contributed by atoms with Gasteiger partial charge in [-0.15, -0.1) is 0 Å². The van der Waals surface area contributed by atoms with Crippen molar-refractivity contribution in [2.75, 3.05) is 38.1 Å². The third-order valence-electron chi connectivity index (χ3n) is 3.75. The van der Waals surface area contributed by atoms with Crippen LogP contribution in [0.1, 0.15) is 25.3 Å². The zero-order valence-corrected chi connectivity index (χ0v) is 12.6. The van der Waals surface area contributed by atoms with Gasteiger partial charge in [-0.1, -0.05) is 25.1 Å². The summed E-state index contributed by atoms with van der Waals surface area (Å²) >= 11 is 0. The molecule has 1 aromatic rings. The van der Waals surface area contributed by atoms with Crippen molar-refractivity contribution in [3.8, 4) is 0 Å². The standard InChI is InChI=1S/C16H25N3O/c1-3-9-17-12-14-7-4-5-8-15(14)19-11-6-10-18(2)16(20)13-19/h4-5,7-8,17H,3,6,9-13H2,1-2H3. The lowest BCUT2D eigenvalue weighted by Gasteiger charge is -2.25. The summed E-state index contributed by atoms with van der Waals surface area (Å²) in [5.74, 6) is 0.207. The van der Waals surface area contributed by atoms with Crippen molar-refractivity contribution in [2.45, 2.75) is 26.3 Å². The van der Waals surface area contributed by atoms with Crippen LogP contribution in [-0.2, 0) is 11.3 Å². The van der Waals surface area contributed by atoms with Gasteiger partial charge >= 0.3 is 0 Å². The van der Waals surface area contributed by atoms with Gasteiger partial charge in [0, 0.05) is 32.4 Å².